The first kappa shape index (κ1) is 11.7. The second-order valence-corrected chi connectivity index (χ2v) is 4.73. The van der Waals surface area contributed by atoms with Gasteiger partial charge in [-0.05, 0) is 34.7 Å². The van der Waals surface area contributed by atoms with Crippen LogP contribution in [0.25, 0.3) is 22.3 Å². The van der Waals surface area contributed by atoms with Gasteiger partial charge in [0.2, 0.25) is 0 Å². The predicted octanol–water partition coefficient (Wildman–Crippen LogP) is 5.33. The molecule has 0 atom stereocenters. The lowest BCUT2D eigenvalue weighted by Crippen LogP contribution is -1.88. The highest BCUT2D eigenvalue weighted by molar-refractivity contribution is 5.85. The quantitative estimate of drug-likeness (QED) is 0.571. The van der Waals surface area contributed by atoms with Crippen molar-refractivity contribution in [1.29, 1.82) is 0 Å². The number of aryl methyl sites for hydroxylation is 1. The van der Waals surface area contributed by atoms with E-state index in [1.165, 1.54) is 27.8 Å². The van der Waals surface area contributed by atoms with Crippen LogP contribution in [0.4, 0.5) is 0 Å². The van der Waals surface area contributed by atoms with Crippen molar-refractivity contribution in [3.63, 3.8) is 0 Å². The molecule has 0 spiro atoms. The Labute approximate surface area is 114 Å². The number of hydrogen-bond acceptors (Lipinski definition) is 0. The Kier molecular flexibility index (Phi) is 3.16. The van der Waals surface area contributed by atoms with E-state index in [0.29, 0.717) is 0 Å². The molecule has 3 rings (SSSR count). The second kappa shape index (κ2) is 5.11. The normalized spacial score (nSPS) is 10.4. The molecule has 0 saturated carbocycles. The van der Waals surface area contributed by atoms with E-state index in [1.54, 1.807) is 0 Å². The maximum atomic E-state index is 2.20. The van der Waals surface area contributed by atoms with Gasteiger partial charge in [0, 0.05) is 0 Å². The molecule has 0 fully saturated rings. The van der Waals surface area contributed by atoms with E-state index in [4.69, 9.17) is 0 Å². The molecular weight excluding hydrogens is 228 g/mol. The van der Waals surface area contributed by atoms with Crippen molar-refractivity contribution in [3.8, 4) is 22.3 Å². The lowest BCUT2D eigenvalue weighted by atomic mass is 9.91. The topological polar surface area (TPSA) is 0 Å². The highest BCUT2D eigenvalue weighted by Crippen LogP contribution is 2.34. The molecule has 0 aliphatic heterocycles. The van der Waals surface area contributed by atoms with Gasteiger partial charge in [0.15, 0.2) is 0 Å². The molecule has 19 heavy (non-hydrogen) atoms. The summed E-state index contributed by atoms with van der Waals surface area (Å²) in [6.45, 7) is 2.18. The van der Waals surface area contributed by atoms with Gasteiger partial charge in [-0.3, -0.25) is 0 Å². The molecule has 0 aliphatic carbocycles. The monoisotopic (exact) mass is 244 g/mol. The largest absolute Gasteiger partial charge is 0.0622 e. The average Bonchev–Trinajstić information content (AvgIpc) is 2.49. The van der Waals surface area contributed by atoms with Gasteiger partial charge in [-0.1, -0.05) is 78.9 Å². The minimum Gasteiger partial charge on any atom is -0.0622 e. The molecule has 0 saturated heterocycles. The summed E-state index contributed by atoms with van der Waals surface area (Å²) >= 11 is 0. The third kappa shape index (κ3) is 2.30. The summed E-state index contributed by atoms with van der Waals surface area (Å²) < 4.78 is 0. The van der Waals surface area contributed by atoms with Crippen LogP contribution < -0.4 is 0 Å². The van der Waals surface area contributed by atoms with E-state index in [0.717, 1.165) is 0 Å². The fourth-order valence-corrected chi connectivity index (χ4v) is 2.51. The molecule has 3 aromatic rings. The maximum absolute atomic E-state index is 2.20. The Morgan fingerprint density at radius 3 is 1.74 bits per heavy atom. The molecule has 0 aliphatic rings. The Balaban J connectivity index is 2.25. The van der Waals surface area contributed by atoms with Crippen molar-refractivity contribution < 1.29 is 0 Å². The first-order valence-electron chi connectivity index (χ1n) is 6.57. The Morgan fingerprint density at radius 1 is 0.526 bits per heavy atom. The van der Waals surface area contributed by atoms with E-state index in [2.05, 4.69) is 85.8 Å². The summed E-state index contributed by atoms with van der Waals surface area (Å²) in [6.07, 6.45) is 0. The van der Waals surface area contributed by atoms with Crippen LogP contribution in [-0.4, -0.2) is 0 Å². The molecule has 92 valence electrons. The summed E-state index contributed by atoms with van der Waals surface area (Å²) in [7, 11) is 0. The molecule has 0 amide bonds. The van der Waals surface area contributed by atoms with Gasteiger partial charge in [-0.25, -0.2) is 0 Å². The molecule has 0 aromatic heterocycles. The van der Waals surface area contributed by atoms with Crippen molar-refractivity contribution in [2.45, 2.75) is 6.92 Å². The molecule has 0 radical (unpaired) electrons. The molecule has 0 unspecified atom stereocenters. The summed E-state index contributed by atoms with van der Waals surface area (Å²) in [5, 5.41) is 0. The van der Waals surface area contributed by atoms with E-state index >= 15 is 0 Å². The van der Waals surface area contributed by atoms with Crippen LogP contribution in [0, 0.1) is 6.92 Å². The fraction of sp³-hybridized carbons (Fsp3) is 0.0526. The number of rotatable bonds is 2. The first-order chi connectivity index (χ1) is 9.36. The second-order valence-electron chi connectivity index (χ2n) is 4.73. The third-order valence-corrected chi connectivity index (χ3v) is 3.42. The van der Waals surface area contributed by atoms with Gasteiger partial charge in [0.05, 0.1) is 0 Å². The average molecular weight is 244 g/mol. The van der Waals surface area contributed by atoms with Gasteiger partial charge in [-0.15, -0.1) is 0 Å². The molecular formula is C19H16. The Bertz CT molecular complexity index is 667. The number of hydrogen-bond donors (Lipinski definition) is 0. The zero-order valence-electron chi connectivity index (χ0n) is 11.0. The highest BCUT2D eigenvalue weighted by Gasteiger charge is 2.09. The summed E-state index contributed by atoms with van der Waals surface area (Å²) in [4.78, 5) is 0. The summed E-state index contributed by atoms with van der Waals surface area (Å²) in [5.41, 5.74) is 6.48. The molecule has 3 aromatic carbocycles. The predicted molar refractivity (Wildman–Crippen MR) is 82.1 cm³/mol. The van der Waals surface area contributed by atoms with Gasteiger partial charge < -0.3 is 0 Å². The molecule has 0 N–H and O–H groups in total. The fourth-order valence-electron chi connectivity index (χ4n) is 2.51. The van der Waals surface area contributed by atoms with Crippen molar-refractivity contribution in [1.82, 2.24) is 0 Å². The van der Waals surface area contributed by atoms with E-state index in [-0.39, 0.29) is 0 Å². The summed E-state index contributed by atoms with van der Waals surface area (Å²) in [6, 6.07) is 27.7. The number of benzene rings is 3. The molecule has 0 heterocycles. The third-order valence-electron chi connectivity index (χ3n) is 3.42. The Morgan fingerprint density at radius 2 is 1.11 bits per heavy atom. The van der Waals surface area contributed by atoms with Crippen LogP contribution in [0.1, 0.15) is 5.56 Å². The van der Waals surface area contributed by atoms with Crippen molar-refractivity contribution >= 4 is 0 Å². The first-order valence-corrected chi connectivity index (χ1v) is 6.57. The van der Waals surface area contributed by atoms with Crippen LogP contribution in [0.15, 0.2) is 78.9 Å². The Hall–Kier alpha value is -2.34. The molecule has 0 nitrogen and oxygen atoms in total. The minimum absolute atomic E-state index is 1.27. The van der Waals surface area contributed by atoms with Crippen LogP contribution in [-0.2, 0) is 0 Å². The van der Waals surface area contributed by atoms with Crippen LogP contribution >= 0.6 is 0 Å². The zero-order chi connectivity index (χ0) is 13.1. The van der Waals surface area contributed by atoms with Crippen LogP contribution in [0.3, 0.4) is 0 Å². The smallest absolute Gasteiger partial charge is 0.00761 e. The van der Waals surface area contributed by atoms with Crippen molar-refractivity contribution in [2.75, 3.05) is 0 Å². The van der Waals surface area contributed by atoms with Gasteiger partial charge in [0.1, 0.15) is 0 Å². The summed E-state index contributed by atoms with van der Waals surface area (Å²) in [5.74, 6) is 0. The SMILES string of the molecule is Cc1cccc(-c2ccccc2)c1-c1ccccc1. The minimum atomic E-state index is 1.27. The zero-order valence-corrected chi connectivity index (χ0v) is 11.0. The highest BCUT2D eigenvalue weighted by atomic mass is 14.1. The van der Waals surface area contributed by atoms with Crippen LogP contribution in [0.2, 0.25) is 0 Å². The lowest BCUT2D eigenvalue weighted by Gasteiger charge is -2.13. The standard InChI is InChI=1S/C19H16/c1-15-9-8-14-18(16-10-4-2-5-11-16)19(15)17-12-6-3-7-13-17/h2-14H,1H3. The van der Waals surface area contributed by atoms with Crippen molar-refractivity contribution in [2.24, 2.45) is 0 Å². The van der Waals surface area contributed by atoms with Crippen molar-refractivity contribution in [3.05, 3.63) is 84.4 Å². The molecule has 0 bridgehead atoms. The van der Waals surface area contributed by atoms with E-state index in [1.807, 2.05) is 0 Å². The lowest BCUT2D eigenvalue weighted by molar-refractivity contribution is 1.45. The van der Waals surface area contributed by atoms with Crippen LogP contribution in [0.5, 0.6) is 0 Å². The van der Waals surface area contributed by atoms with E-state index in [9.17, 15) is 0 Å². The van der Waals surface area contributed by atoms with E-state index < -0.39 is 0 Å². The van der Waals surface area contributed by atoms with Gasteiger partial charge in [-0.2, -0.15) is 0 Å². The van der Waals surface area contributed by atoms with Gasteiger partial charge >= 0.3 is 0 Å². The molecule has 0 heteroatoms. The maximum Gasteiger partial charge on any atom is -0.00761 e. The van der Waals surface area contributed by atoms with Gasteiger partial charge in [0.25, 0.3) is 0 Å².